The fourth-order valence-electron chi connectivity index (χ4n) is 2.12. The minimum absolute atomic E-state index is 0.188. The van der Waals surface area contributed by atoms with Crippen molar-refractivity contribution in [2.75, 3.05) is 19.6 Å². The normalized spacial score (nSPS) is 20.8. The monoisotopic (exact) mass is 266 g/mol. The zero-order chi connectivity index (χ0) is 13.6. The van der Waals surface area contributed by atoms with Crippen molar-refractivity contribution in [3.8, 4) is 0 Å². The average molecular weight is 266 g/mol. The lowest BCUT2D eigenvalue weighted by Crippen LogP contribution is -2.51. The average Bonchev–Trinajstić information content (AvgIpc) is 2.33. The summed E-state index contributed by atoms with van der Waals surface area (Å²) < 4.78 is 37.3. The Bertz CT molecular complexity index is 263. The van der Waals surface area contributed by atoms with E-state index in [9.17, 15) is 18.0 Å². The van der Waals surface area contributed by atoms with Crippen LogP contribution in [0.1, 0.15) is 39.0 Å². The fourth-order valence-corrected chi connectivity index (χ4v) is 2.12. The summed E-state index contributed by atoms with van der Waals surface area (Å²) in [6.45, 7) is 1.66. The predicted molar refractivity (Wildman–Crippen MR) is 63.2 cm³/mol. The molecule has 0 aromatic carbocycles. The molecule has 106 valence electrons. The van der Waals surface area contributed by atoms with Crippen LogP contribution in [0.4, 0.5) is 13.2 Å². The summed E-state index contributed by atoms with van der Waals surface area (Å²) in [7, 11) is 0. The van der Waals surface area contributed by atoms with E-state index in [-0.39, 0.29) is 6.54 Å². The van der Waals surface area contributed by atoms with Gasteiger partial charge < -0.3 is 10.2 Å². The Hall–Kier alpha value is -0.780. The first-order valence-electron chi connectivity index (χ1n) is 6.53. The van der Waals surface area contributed by atoms with Gasteiger partial charge in [0, 0.05) is 6.54 Å². The Morgan fingerprint density at radius 2 is 2.11 bits per heavy atom. The minimum Gasteiger partial charge on any atom is -0.332 e. The van der Waals surface area contributed by atoms with E-state index in [0.717, 1.165) is 24.2 Å². The highest BCUT2D eigenvalue weighted by Gasteiger charge is 2.35. The first-order chi connectivity index (χ1) is 8.44. The van der Waals surface area contributed by atoms with Gasteiger partial charge in [-0.1, -0.05) is 19.8 Å². The van der Waals surface area contributed by atoms with Crippen molar-refractivity contribution in [1.82, 2.24) is 10.2 Å². The van der Waals surface area contributed by atoms with E-state index < -0.39 is 24.7 Å². The van der Waals surface area contributed by atoms with Gasteiger partial charge in [0.1, 0.15) is 6.54 Å². The molecule has 0 radical (unpaired) electrons. The number of unbranched alkanes of at least 4 members (excludes halogenated alkanes) is 1. The van der Waals surface area contributed by atoms with Gasteiger partial charge in [0.15, 0.2) is 0 Å². The summed E-state index contributed by atoms with van der Waals surface area (Å²) in [4.78, 5) is 13.0. The molecule has 1 fully saturated rings. The Morgan fingerprint density at radius 1 is 1.39 bits per heavy atom. The molecule has 0 spiro atoms. The number of carbonyl (C=O) groups excluding carboxylic acids is 1. The molecule has 0 saturated carbocycles. The fraction of sp³-hybridized carbons (Fsp3) is 0.917. The molecule has 1 amide bonds. The van der Waals surface area contributed by atoms with Crippen molar-refractivity contribution in [2.24, 2.45) is 0 Å². The van der Waals surface area contributed by atoms with Crippen LogP contribution >= 0.6 is 0 Å². The molecule has 1 atom stereocenters. The van der Waals surface area contributed by atoms with Crippen molar-refractivity contribution >= 4 is 5.91 Å². The van der Waals surface area contributed by atoms with Gasteiger partial charge in [-0.15, -0.1) is 0 Å². The highest BCUT2D eigenvalue weighted by molar-refractivity contribution is 5.82. The van der Waals surface area contributed by atoms with Crippen LogP contribution in [0.5, 0.6) is 0 Å². The lowest BCUT2D eigenvalue weighted by Gasteiger charge is -2.30. The Balaban J connectivity index is 2.59. The lowest BCUT2D eigenvalue weighted by molar-refractivity contribution is -0.163. The first-order valence-corrected chi connectivity index (χ1v) is 6.53. The van der Waals surface area contributed by atoms with Gasteiger partial charge in [-0.2, -0.15) is 13.2 Å². The summed E-state index contributed by atoms with van der Waals surface area (Å²) in [5.41, 5.74) is 0. The molecule has 18 heavy (non-hydrogen) atoms. The number of hydrogen-bond acceptors (Lipinski definition) is 2. The van der Waals surface area contributed by atoms with Crippen LogP contribution in [0.25, 0.3) is 0 Å². The maximum Gasteiger partial charge on any atom is 0.406 e. The van der Waals surface area contributed by atoms with Crippen LogP contribution in [0.3, 0.4) is 0 Å². The van der Waals surface area contributed by atoms with E-state index in [2.05, 4.69) is 5.32 Å². The molecular weight excluding hydrogens is 245 g/mol. The quantitative estimate of drug-likeness (QED) is 0.828. The SMILES string of the molecule is CCCCN(CC(F)(F)F)C(=O)C1CCCCN1. The molecule has 3 nitrogen and oxygen atoms in total. The zero-order valence-corrected chi connectivity index (χ0v) is 10.7. The second-order valence-corrected chi connectivity index (χ2v) is 4.73. The summed E-state index contributed by atoms with van der Waals surface area (Å²) in [6, 6.07) is -0.432. The van der Waals surface area contributed by atoms with Gasteiger partial charge >= 0.3 is 6.18 Å². The number of nitrogens with one attached hydrogen (secondary N) is 1. The number of nitrogens with zero attached hydrogens (tertiary/aromatic N) is 1. The minimum atomic E-state index is -4.32. The van der Waals surface area contributed by atoms with E-state index in [1.54, 1.807) is 0 Å². The molecule has 0 aromatic rings. The molecule has 1 N–H and O–H groups in total. The third-order valence-electron chi connectivity index (χ3n) is 3.07. The van der Waals surface area contributed by atoms with E-state index in [0.29, 0.717) is 19.4 Å². The Kier molecular flexibility index (Phi) is 5.91. The van der Waals surface area contributed by atoms with Crippen LogP contribution in [0, 0.1) is 0 Å². The molecule has 6 heteroatoms. The Morgan fingerprint density at radius 3 is 2.61 bits per heavy atom. The van der Waals surface area contributed by atoms with Crippen LogP contribution in [0.2, 0.25) is 0 Å². The highest BCUT2D eigenvalue weighted by atomic mass is 19.4. The summed E-state index contributed by atoms with van der Waals surface area (Å²) in [6.07, 6.45) is -0.416. The maximum absolute atomic E-state index is 12.4. The summed E-state index contributed by atoms with van der Waals surface area (Å²) >= 11 is 0. The molecule has 1 aliphatic rings. The largest absolute Gasteiger partial charge is 0.406 e. The second-order valence-electron chi connectivity index (χ2n) is 4.73. The van der Waals surface area contributed by atoms with E-state index in [4.69, 9.17) is 0 Å². The van der Waals surface area contributed by atoms with Crippen molar-refractivity contribution in [1.29, 1.82) is 0 Å². The van der Waals surface area contributed by atoms with Crippen molar-refractivity contribution < 1.29 is 18.0 Å². The smallest absolute Gasteiger partial charge is 0.332 e. The third kappa shape index (κ3) is 5.25. The van der Waals surface area contributed by atoms with Gasteiger partial charge in [0.25, 0.3) is 0 Å². The number of hydrogen-bond donors (Lipinski definition) is 1. The zero-order valence-electron chi connectivity index (χ0n) is 10.7. The van der Waals surface area contributed by atoms with Crippen LogP contribution in [-0.2, 0) is 4.79 Å². The van der Waals surface area contributed by atoms with Crippen molar-refractivity contribution in [3.05, 3.63) is 0 Å². The molecule has 1 heterocycles. The lowest BCUT2D eigenvalue weighted by atomic mass is 10.0. The summed E-state index contributed by atoms with van der Waals surface area (Å²) in [5.74, 6) is -0.402. The van der Waals surface area contributed by atoms with Crippen LogP contribution in [0.15, 0.2) is 0 Å². The number of rotatable bonds is 5. The van der Waals surface area contributed by atoms with E-state index >= 15 is 0 Å². The standard InChI is InChI=1S/C12H21F3N2O/c1-2-3-8-17(9-12(13,14)15)11(18)10-6-4-5-7-16-10/h10,16H,2-9H2,1H3. The van der Waals surface area contributed by atoms with Crippen LogP contribution in [-0.4, -0.2) is 42.7 Å². The topological polar surface area (TPSA) is 32.3 Å². The summed E-state index contributed by atoms with van der Waals surface area (Å²) in [5, 5.41) is 3.00. The highest BCUT2D eigenvalue weighted by Crippen LogP contribution is 2.19. The van der Waals surface area contributed by atoms with Crippen molar-refractivity contribution in [3.63, 3.8) is 0 Å². The second kappa shape index (κ2) is 6.97. The van der Waals surface area contributed by atoms with Gasteiger partial charge in [-0.05, 0) is 25.8 Å². The predicted octanol–water partition coefficient (Wildman–Crippen LogP) is 2.32. The van der Waals surface area contributed by atoms with Crippen molar-refractivity contribution in [2.45, 2.75) is 51.2 Å². The maximum atomic E-state index is 12.4. The molecule has 1 rings (SSSR count). The van der Waals surface area contributed by atoms with Gasteiger partial charge in [0.2, 0.25) is 5.91 Å². The first kappa shape index (κ1) is 15.3. The van der Waals surface area contributed by atoms with Gasteiger partial charge in [-0.25, -0.2) is 0 Å². The molecule has 1 saturated heterocycles. The van der Waals surface area contributed by atoms with Gasteiger partial charge in [-0.3, -0.25) is 4.79 Å². The van der Waals surface area contributed by atoms with E-state index in [1.807, 2.05) is 6.92 Å². The van der Waals surface area contributed by atoms with E-state index in [1.165, 1.54) is 0 Å². The number of alkyl halides is 3. The number of carbonyl (C=O) groups is 1. The number of halogens is 3. The van der Waals surface area contributed by atoms with Gasteiger partial charge in [0.05, 0.1) is 6.04 Å². The van der Waals surface area contributed by atoms with Crippen LogP contribution < -0.4 is 5.32 Å². The number of piperidine rings is 1. The molecule has 1 unspecified atom stereocenters. The molecule has 1 aliphatic heterocycles. The molecular formula is C12H21F3N2O. The molecule has 0 bridgehead atoms. The number of amides is 1. The molecule has 0 aromatic heterocycles. The molecule has 0 aliphatic carbocycles. The third-order valence-corrected chi connectivity index (χ3v) is 3.07. The Labute approximate surface area is 106 Å².